The van der Waals surface area contributed by atoms with Crippen LogP contribution in [-0.4, -0.2) is 48.6 Å². The molecule has 4 rings (SSSR count). The summed E-state index contributed by atoms with van der Waals surface area (Å²) in [6, 6.07) is 10.2. The van der Waals surface area contributed by atoms with E-state index in [0.717, 1.165) is 18.6 Å². The summed E-state index contributed by atoms with van der Waals surface area (Å²) in [4.78, 5) is 27.6. The molecule has 2 heterocycles. The largest absolute Gasteiger partial charge is 0.454 e. The molecule has 1 aliphatic rings. The number of ether oxygens (including phenoxy) is 1. The fraction of sp³-hybridized carbons (Fsp3) is 0.280. The Morgan fingerprint density at radius 2 is 1.92 bits per heavy atom. The molecule has 2 N–H and O–H groups in total. The first-order valence-corrected chi connectivity index (χ1v) is 13.1. The van der Waals surface area contributed by atoms with Gasteiger partial charge in [0.2, 0.25) is 0 Å². The van der Waals surface area contributed by atoms with Crippen molar-refractivity contribution in [3.63, 3.8) is 0 Å². The minimum Gasteiger partial charge on any atom is -0.454 e. The van der Waals surface area contributed by atoms with Crippen LogP contribution in [0, 0.1) is 21.0 Å². The molecule has 36 heavy (non-hydrogen) atoms. The average Bonchev–Trinajstić information content (AvgIpc) is 3.32. The molecule has 3 aromatic rings. The zero-order valence-electron chi connectivity index (χ0n) is 19.2. The summed E-state index contributed by atoms with van der Waals surface area (Å²) in [5.41, 5.74) is -1.64. The van der Waals surface area contributed by atoms with E-state index in [2.05, 4.69) is 10.6 Å². The SMILES string of the molecule is CC(=O)OC1(CNCCc2cccs2)CN(C(=O)c2ccc(F)c(F)c2Nc2ccc(I)cc2F)C1. The Morgan fingerprint density at radius 3 is 2.58 bits per heavy atom. The third-order valence-electron chi connectivity index (χ3n) is 5.70. The smallest absolute Gasteiger partial charge is 0.303 e. The van der Waals surface area contributed by atoms with Gasteiger partial charge in [-0.05, 0) is 70.8 Å². The predicted octanol–water partition coefficient (Wildman–Crippen LogP) is 5.10. The molecule has 0 radical (unpaired) electrons. The lowest BCUT2D eigenvalue weighted by atomic mass is 9.92. The van der Waals surface area contributed by atoms with Gasteiger partial charge in [-0.2, -0.15) is 0 Å². The van der Waals surface area contributed by atoms with Gasteiger partial charge in [-0.3, -0.25) is 9.59 Å². The van der Waals surface area contributed by atoms with Crippen molar-refractivity contribution in [1.29, 1.82) is 0 Å². The lowest BCUT2D eigenvalue weighted by Crippen LogP contribution is -2.69. The van der Waals surface area contributed by atoms with Crippen molar-refractivity contribution in [3.8, 4) is 0 Å². The Morgan fingerprint density at radius 1 is 1.14 bits per heavy atom. The number of esters is 1. The molecule has 0 aliphatic carbocycles. The second-order valence-electron chi connectivity index (χ2n) is 8.48. The van der Waals surface area contributed by atoms with Crippen LogP contribution in [0.4, 0.5) is 24.5 Å². The molecule has 6 nitrogen and oxygen atoms in total. The van der Waals surface area contributed by atoms with E-state index >= 15 is 0 Å². The van der Waals surface area contributed by atoms with Crippen molar-refractivity contribution in [1.82, 2.24) is 10.2 Å². The molecular weight excluding hydrogens is 606 g/mol. The van der Waals surface area contributed by atoms with Gasteiger partial charge in [0.25, 0.3) is 5.91 Å². The van der Waals surface area contributed by atoms with Crippen molar-refractivity contribution in [2.24, 2.45) is 0 Å². The molecule has 0 bridgehead atoms. The number of rotatable bonds is 9. The maximum absolute atomic E-state index is 14.7. The van der Waals surface area contributed by atoms with E-state index in [1.807, 2.05) is 40.1 Å². The van der Waals surface area contributed by atoms with Crippen LogP contribution in [0.3, 0.4) is 0 Å². The number of benzene rings is 2. The van der Waals surface area contributed by atoms with Crippen molar-refractivity contribution in [2.75, 3.05) is 31.5 Å². The molecule has 1 aliphatic heterocycles. The zero-order valence-corrected chi connectivity index (χ0v) is 22.2. The molecule has 190 valence electrons. The topological polar surface area (TPSA) is 70.7 Å². The van der Waals surface area contributed by atoms with Crippen LogP contribution in [0.25, 0.3) is 0 Å². The highest BCUT2D eigenvalue weighted by Gasteiger charge is 2.48. The fourth-order valence-corrected chi connectivity index (χ4v) is 5.20. The maximum atomic E-state index is 14.7. The van der Waals surface area contributed by atoms with Crippen LogP contribution < -0.4 is 10.6 Å². The standard InChI is InChI=1S/C25H23F3IN3O3S/c1-15(33)35-25(12-30-9-8-17-3-2-10-36-17)13-32(14-25)24(34)18-5-6-19(26)22(28)23(18)31-21-7-4-16(29)11-20(21)27/h2-7,10-11,30-31H,8-9,12-14H2,1H3. The Kier molecular flexibility index (Phi) is 8.20. The van der Waals surface area contributed by atoms with E-state index in [0.29, 0.717) is 16.7 Å². The minimum absolute atomic E-state index is 0.0771. The number of hydrogen-bond donors (Lipinski definition) is 2. The molecule has 1 saturated heterocycles. The van der Waals surface area contributed by atoms with Crippen molar-refractivity contribution in [3.05, 3.63) is 79.3 Å². The molecule has 11 heteroatoms. The van der Waals surface area contributed by atoms with Crippen LogP contribution >= 0.6 is 33.9 Å². The third kappa shape index (κ3) is 6.01. The van der Waals surface area contributed by atoms with Gasteiger partial charge in [-0.15, -0.1) is 11.3 Å². The summed E-state index contributed by atoms with van der Waals surface area (Å²) >= 11 is 3.58. The Balaban J connectivity index is 1.48. The quantitative estimate of drug-likeness (QED) is 0.196. The predicted molar refractivity (Wildman–Crippen MR) is 140 cm³/mol. The van der Waals surface area contributed by atoms with Crippen LogP contribution in [0.1, 0.15) is 22.2 Å². The normalized spacial score (nSPS) is 14.3. The lowest BCUT2D eigenvalue weighted by Gasteiger charge is -2.49. The van der Waals surface area contributed by atoms with Crippen molar-refractivity contribution < 1.29 is 27.5 Å². The molecule has 0 saturated carbocycles. The number of likely N-dealkylation sites (tertiary alicyclic amines) is 1. The highest BCUT2D eigenvalue weighted by Crippen LogP contribution is 2.33. The number of thiophene rings is 1. The van der Waals surface area contributed by atoms with Crippen molar-refractivity contribution in [2.45, 2.75) is 18.9 Å². The average molecular weight is 629 g/mol. The van der Waals surface area contributed by atoms with Gasteiger partial charge in [0.1, 0.15) is 5.82 Å². The van der Waals surface area contributed by atoms with E-state index < -0.39 is 40.6 Å². The number of halogens is 4. The summed E-state index contributed by atoms with van der Waals surface area (Å²) < 4.78 is 49.3. The first kappa shape index (κ1) is 26.4. The highest BCUT2D eigenvalue weighted by molar-refractivity contribution is 14.1. The molecule has 1 amide bonds. The number of nitrogens with zero attached hydrogens (tertiary/aromatic N) is 1. The lowest BCUT2D eigenvalue weighted by molar-refractivity contribution is -0.172. The minimum atomic E-state index is -1.29. The number of carbonyl (C=O) groups is 2. The maximum Gasteiger partial charge on any atom is 0.303 e. The van der Waals surface area contributed by atoms with Gasteiger partial charge >= 0.3 is 5.97 Å². The van der Waals surface area contributed by atoms with Crippen molar-refractivity contribution >= 4 is 57.2 Å². The monoisotopic (exact) mass is 629 g/mol. The summed E-state index contributed by atoms with van der Waals surface area (Å²) in [6.07, 6.45) is 0.815. The van der Waals surface area contributed by atoms with Gasteiger partial charge in [-0.1, -0.05) is 6.07 Å². The first-order chi connectivity index (χ1) is 17.2. The zero-order chi connectivity index (χ0) is 25.9. The molecule has 1 aromatic heterocycles. The Bertz CT molecular complexity index is 1270. The van der Waals surface area contributed by atoms with Crippen LogP contribution in [0.2, 0.25) is 0 Å². The fourth-order valence-electron chi connectivity index (χ4n) is 4.04. The molecular formula is C25H23F3IN3O3S. The van der Waals surface area contributed by atoms with Crippen LogP contribution in [-0.2, 0) is 16.0 Å². The summed E-state index contributed by atoms with van der Waals surface area (Å²) in [5, 5.41) is 7.80. The molecule has 0 spiro atoms. The van der Waals surface area contributed by atoms with E-state index in [9.17, 15) is 22.8 Å². The number of nitrogens with one attached hydrogen (secondary N) is 2. The number of carbonyl (C=O) groups excluding carboxylic acids is 2. The second-order valence-corrected chi connectivity index (χ2v) is 10.8. The van der Waals surface area contributed by atoms with Gasteiger partial charge in [0, 0.05) is 28.5 Å². The molecule has 2 aromatic carbocycles. The van der Waals surface area contributed by atoms with Gasteiger partial charge < -0.3 is 20.3 Å². The van der Waals surface area contributed by atoms with E-state index in [-0.39, 0.29) is 24.3 Å². The van der Waals surface area contributed by atoms with Gasteiger partial charge in [0.05, 0.1) is 30.0 Å². The van der Waals surface area contributed by atoms with Crippen LogP contribution in [0.5, 0.6) is 0 Å². The number of amides is 1. The van der Waals surface area contributed by atoms with E-state index in [1.54, 1.807) is 17.4 Å². The molecule has 0 unspecified atom stereocenters. The highest BCUT2D eigenvalue weighted by atomic mass is 127. The van der Waals surface area contributed by atoms with Gasteiger partial charge in [-0.25, -0.2) is 13.2 Å². The summed E-state index contributed by atoms with van der Waals surface area (Å²) in [7, 11) is 0. The second kappa shape index (κ2) is 11.2. The van der Waals surface area contributed by atoms with E-state index in [4.69, 9.17) is 4.74 Å². The number of hydrogen-bond acceptors (Lipinski definition) is 6. The molecule has 1 fully saturated rings. The first-order valence-electron chi connectivity index (χ1n) is 11.1. The third-order valence-corrected chi connectivity index (χ3v) is 7.30. The number of anilines is 2. The summed E-state index contributed by atoms with van der Waals surface area (Å²) in [5.74, 6) is -4.21. The Labute approximate surface area is 224 Å². The summed E-state index contributed by atoms with van der Waals surface area (Å²) in [6.45, 7) is 2.45. The Hall–Kier alpha value is -2.64. The molecule has 0 atom stereocenters. The van der Waals surface area contributed by atoms with Crippen LogP contribution in [0.15, 0.2) is 47.8 Å². The van der Waals surface area contributed by atoms with E-state index in [1.165, 1.54) is 28.8 Å². The van der Waals surface area contributed by atoms with Gasteiger partial charge in [0.15, 0.2) is 17.2 Å².